The number of likely N-dealkylation sites (tertiary alicyclic amines) is 1. The average molecular weight is 501 g/mol. The summed E-state index contributed by atoms with van der Waals surface area (Å²) in [5.41, 5.74) is 5.20. The number of ether oxygens (including phenoxy) is 1. The Morgan fingerprint density at radius 3 is 2.73 bits per heavy atom. The van der Waals surface area contributed by atoms with Crippen LogP contribution in [0.5, 0.6) is 0 Å². The van der Waals surface area contributed by atoms with Crippen LogP contribution in [0.2, 0.25) is 0 Å². The summed E-state index contributed by atoms with van der Waals surface area (Å²) in [7, 11) is 2.04. The van der Waals surface area contributed by atoms with Crippen LogP contribution in [0.25, 0.3) is 33.1 Å². The van der Waals surface area contributed by atoms with Gasteiger partial charge in [-0.15, -0.1) is 0 Å². The highest BCUT2D eigenvalue weighted by Crippen LogP contribution is 2.32. The first-order valence-corrected chi connectivity index (χ1v) is 12.5. The Hall–Kier alpha value is -4.14. The summed E-state index contributed by atoms with van der Waals surface area (Å²) in [5, 5.41) is 7.33. The van der Waals surface area contributed by atoms with Gasteiger partial charge in [0, 0.05) is 61.5 Å². The molecule has 9 nitrogen and oxygen atoms in total. The fourth-order valence-electron chi connectivity index (χ4n) is 4.72. The number of aryl methyl sites for hydroxylation is 1. The van der Waals surface area contributed by atoms with Crippen molar-refractivity contribution in [2.45, 2.75) is 38.8 Å². The number of alkyl carbamates (subject to hydrolysis) is 1. The van der Waals surface area contributed by atoms with Crippen LogP contribution in [0.15, 0.2) is 55.0 Å². The predicted molar refractivity (Wildman–Crippen MR) is 144 cm³/mol. The molecule has 5 rings (SSSR count). The third kappa shape index (κ3) is 5.50. The summed E-state index contributed by atoms with van der Waals surface area (Å²) in [6, 6.07) is 12.7. The maximum absolute atomic E-state index is 12.6. The van der Waals surface area contributed by atoms with Crippen LogP contribution in [-0.4, -0.2) is 62.7 Å². The second-order valence-corrected chi connectivity index (χ2v) is 10.5. The molecule has 0 spiro atoms. The predicted octanol–water partition coefficient (Wildman–Crippen LogP) is 4.33. The first-order chi connectivity index (χ1) is 17.7. The number of fused-ring (bicyclic) bond motifs is 2. The molecule has 1 saturated heterocycles. The van der Waals surface area contributed by atoms with Crippen LogP contribution in [0.4, 0.5) is 10.5 Å². The maximum atomic E-state index is 12.6. The first-order valence-electron chi connectivity index (χ1n) is 12.5. The van der Waals surface area contributed by atoms with Gasteiger partial charge in [0.1, 0.15) is 12.1 Å². The van der Waals surface area contributed by atoms with E-state index in [1.54, 1.807) is 38.1 Å². The van der Waals surface area contributed by atoms with Crippen molar-refractivity contribution in [1.82, 2.24) is 24.8 Å². The van der Waals surface area contributed by atoms with E-state index in [0.717, 1.165) is 39.8 Å². The van der Waals surface area contributed by atoms with Gasteiger partial charge in [-0.05, 0) is 62.4 Å². The Morgan fingerprint density at radius 2 is 1.92 bits per heavy atom. The molecule has 192 valence electrons. The number of carbonyl (C=O) groups excluding carboxylic acids is 2. The van der Waals surface area contributed by atoms with E-state index in [1.807, 2.05) is 13.1 Å². The molecule has 1 fully saturated rings. The molecular formula is C28H32N6O3. The van der Waals surface area contributed by atoms with E-state index in [0.29, 0.717) is 13.1 Å². The second-order valence-electron chi connectivity index (χ2n) is 10.5. The van der Waals surface area contributed by atoms with Gasteiger partial charge in [-0.2, -0.15) is 0 Å². The van der Waals surface area contributed by atoms with Crippen molar-refractivity contribution in [3.05, 3.63) is 55.0 Å². The van der Waals surface area contributed by atoms with Crippen molar-refractivity contribution in [3.63, 3.8) is 0 Å². The van der Waals surface area contributed by atoms with Crippen LogP contribution < -0.4 is 10.6 Å². The highest BCUT2D eigenvalue weighted by molar-refractivity contribution is 5.97. The summed E-state index contributed by atoms with van der Waals surface area (Å²) in [6.07, 6.45) is 5.69. The van der Waals surface area contributed by atoms with Gasteiger partial charge in [-0.3, -0.25) is 14.8 Å². The third-order valence-corrected chi connectivity index (χ3v) is 6.47. The van der Waals surface area contributed by atoms with Crippen molar-refractivity contribution in [1.29, 1.82) is 0 Å². The fraction of sp³-hybridized carbons (Fsp3) is 0.357. The summed E-state index contributed by atoms with van der Waals surface area (Å²) >= 11 is 0. The van der Waals surface area contributed by atoms with Gasteiger partial charge in [0.15, 0.2) is 0 Å². The summed E-state index contributed by atoms with van der Waals surface area (Å²) < 4.78 is 7.32. The molecule has 0 aliphatic carbocycles. The maximum Gasteiger partial charge on any atom is 0.408 e. The quantitative estimate of drug-likeness (QED) is 0.423. The third-order valence-electron chi connectivity index (χ3n) is 6.47. The van der Waals surface area contributed by atoms with Crippen LogP contribution in [0, 0.1) is 0 Å². The molecule has 2 aromatic heterocycles. The van der Waals surface area contributed by atoms with Crippen molar-refractivity contribution in [2.24, 2.45) is 7.05 Å². The van der Waals surface area contributed by atoms with E-state index >= 15 is 0 Å². The minimum atomic E-state index is -0.606. The topological polar surface area (TPSA) is 101 Å². The number of amides is 2. The Balaban J connectivity index is 1.31. The van der Waals surface area contributed by atoms with Crippen molar-refractivity contribution < 1.29 is 14.3 Å². The van der Waals surface area contributed by atoms with E-state index in [9.17, 15) is 9.59 Å². The summed E-state index contributed by atoms with van der Waals surface area (Å²) in [6.45, 7) is 6.45. The Labute approximate surface area is 215 Å². The van der Waals surface area contributed by atoms with Crippen LogP contribution in [0.1, 0.15) is 27.2 Å². The molecule has 37 heavy (non-hydrogen) atoms. The molecule has 0 bridgehead atoms. The Bertz CT molecular complexity index is 1470. The number of nitrogens with zero attached hydrogens (tertiary/aromatic N) is 4. The largest absolute Gasteiger partial charge is 0.444 e. The zero-order valence-electron chi connectivity index (χ0n) is 21.6. The molecule has 2 amide bonds. The molecule has 1 aliphatic heterocycles. The van der Waals surface area contributed by atoms with Crippen molar-refractivity contribution >= 4 is 39.6 Å². The summed E-state index contributed by atoms with van der Waals surface area (Å²) in [4.78, 5) is 35.5. The lowest BCUT2D eigenvalue weighted by molar-refractivity contribution is -0.129. The van der Waals surface area contributed by atoms with Gasteiger partial charge in [0.05, 0.1) is 11.0 Å². The molecule has 2 N–H and O–H groups in total. The lowest BCUT2D eigenvalue weighted by atomic mass is 10.0. The Morgan fingerprint density at radius 1 is 1.11 bits per heavy atom. The number of hydrogen-bond donors (Lipinski definition) is 2. The van der Waals surface area contributed by atoms with Crippen LogP contribution in [-0.2, 0) is 16.6 Å². The highest BCUT2D eigenvalue weighted by Gasteiger charge is 2.27. The zero-order valence-corrected chi connectivity index (χ0v) is 21.6. The van der Waals surface area contributed by atoms with Gasteiger partial charge in [0.2, 0.25) is 5.91 Å². The van der Waals surface area contributed by atoms with E-state index in [4.69, 9.17) is 4.74 Å². The van der Waals surface area contributed by atoms with E-state index in [2.05, 4.69) is 61.7 Å². The minimum Gasteiger partial charge on any atom is -0.444 e. The van der Waals surface area contributed by atoms with Crippen molar-refractivity contribution in [3.8, 4) is 11.1 Å². The van der Waals surface area contributed by atoms with Gasteiger partial charge >= 0.3 is 6.09 Å². The number of rotatable bonds is 5. The molecule has 3 heterocycles. The second kappa shape index (κ2) is 9.72. The number of aromatic nitrogens is 3. The highest BCUT2D eigenvalue weighted by atomic mass is 16.6. The number of anilines is 1. The Kier molecular flexibility index (Phi) is 6.45. The monoisotopic (exact) mass is 500 g/mol. The zero-order chi connectivity index (χ0) is 26.2. The van der Waals surface area contributed by atoms with E-state index in [-0.39, 0.29) is 18.5 Å². The van der Waals surface area contributed by atoms with Gasteiger partial charge < -0.3 is 24.8 Å². The normalized spacial score (nSPS) is 15.8. The lowest BCUT2D eigenvalue weighted by Gasteiger charge is -2.21. The SMILES string of the molecule is Cn1ccc2ccc(-c3cc(N[C@H]4CCN(C(=O)CNC(=O)OC(C)(C)C)C4)cc4nccnc34)cc21. The molecule has 2 aromatic carbocycles. The smallest absolute Gasteiger partial charge is 0.408 e. The van der Waals surface area contributed by atoms with E-state index in [1.165, 1.54) is 5.39 Å². The molecule has 0 radical (unpaired) electrons. The number of carbonyl (C=O) groups is 2. The fourth-order valence-corrected chi connectivity index (χ4v) is 4.72. The molecular weight excluding hydrogens is 468 g/mol. The minimum absolute atomic E-state index is 0.0843. The average Bonchev–Trinajstić information content (AvgIpc) is 3.47. The molecule has 0 unspecified atom stereocenters. The molecule has 4 aromatic rings. The number of hydrogen-bond acceptors (Lipinski definition) is 6. The summed E-state index contributed by atoms with van der Waals surface area (Å²) in [5.74, 6) is -0.129. The molecule has 0 saturated carbocycles. The van der Waals surface area contributed by atoms with Gasteiger partial charge in [0.25, 0.3) is 0 Å². The van der Waals surface area contributed by atoms with Crippen LogP contribution >= 0.6 is 0 Å². The first kappa shape index (κ1) is 24.5. The van der Waals surface area contributed by atoms with Gasteiger partial charge in [-0.1, -0.05) is 12.1 Å². The standard InChI is InChI=1S/C28H32N6O3/c1-28(2,3)37-27(36)31-16-25(35)34-12-8-20(17-34)32-21-14-22(26-23(15-21)29-9-10-30-26)19-6-5-18-7-11-33(4)24(18)13-19/h5-7,9-11,13-15,20,32H,8,12,16-17H2,1-4H3,(H,31,36)/t20-/m0/s1. The lowest BCUT2D eigenvalue weighted by Crippen LogP contribution is -2.41. The molecule has 1 atom stereocenters. The molecule has 9 heteroatoms. The number of benzene rings is 2. The van der Waals surface area contributed by atoms with Gasteiger partial charge in [-0.25, -0.2) is 4.79 Å². The van der Waals surface area contributed by atoms with Crippen LogP contribution in [0.3, 0.4) is 0 Å². The van der Waals surface area contributed by atoms with Crippen molar-refractivity contribution in [2.75, 3.05) is 25.0 Å². The van der Waals surface area contributed by atoms with E-state index < -0.39 is 11.7 Å². The number of nitrogens with one attached hydrogen (secondary N) is 2. The molecule has 1 aliphatic rings.